The molecule has 4 aromatic rings. The number of esters is 1. The summed E-state index contributed by atoms with van der Waals surface area (Å²) in [6.45, 7) is 8.08. The first-order chi connectivity index (χ1) is 24.0. The Bertz CT molecular complexity index is 1620. The van der Waals surface area contributed by atoms with Crippen LogP contribution >= 0.6 is 0 Å². The molecule has 1 saturated heterocycles. The molecular weight excluding hydrogens is 638 g/mol. The SMILES string of the molecule is CC[C@H]1C(=O)OC[C@H]([C@@H](OCc2ccccc2)[C@H](Cc2cc(F)cc(F)c2)N(Cc2ccccc2)Cc2ccccc2)N1C(=O)OC(C)(C)C. The maximum atomic E-state index is 14.8. The van der Waals surface area contributed by atoms with Crippen LogP contribution in [0.4, 0.5) is 13.6 Å². The topological polar surface area (TPSA) is 68.3 Å². The van der Waals surface area contributed by atoms with Gasteiger partial charge < -0.3 is 14.2 Å². The largest absolute Gasteiger partial charge is 0.462 e. The van der Waals surface area contributed by atoms with Crippen molar-refractivity contribution >= 4 is 12.1 Å². The Balaban J connectivity index is 1.67. The molecule has 4 aromatic carbocycles. The summed E-state index contributed by atoms with van der Waals surface area (Å²) in [6.07, 6.45) is -1.02. The predicted molar refractivity (Wildman–Crippen MR) is 188 cm³/mol. The number of halogens is 2. The van der Waals surface area contributed by atoms with E-state index in [-0.39, 0.29) is 26.1 Å². The molecule has 1 heterocycles. The van der Waals surface area contributed by atoms with E-state index in [0.717, 1.165) is 22.8 Å². The van der Waals surface area contributed by atoms with E-state index in [1.165, 1.54) is 17.0 Å². The second kappa shape index (κ2) is 16.9. The van der Waals surface area contributed by atoms with Crippen molar-refractivity contribution in [3.8, 4) is 0 Å². The molecule has 0 N–H and O–H groups in total. The van der Waals surface area contributed by atoms with Crippen LogP contribution in [0, 0.1) is 11.6 Å². The highest BCUT2D eigenvalue weighted by Gasteiger charge is 2.48. The van der Waals surface area contributed by atoms with Crippen molar-refractivity contribution in [3.05, 3.63) is 143 Å². The molecular formula is C41H46F2N2O5. The van der Waals surface area contributed by atoms with E-state index in [9.17, 15) is 18.4 Å². The summed E-state index contributed by atoms with van der Waals surface area (Å²) >= 11 is 0. The predicted octanol–water partition coefficient (Wildman–Crippen LogP) is 8.10. The molecule has 1 fully saturated rings. The van der Waals surface area contributed by atoms with E-state index in [1.807, 2.05) is 97.9 Å². The van der Waals surface area contributed by atoms with Crippen molar-refractivity contribution in [2.45, 2.75) is 90.1 Å². The number of ether oxygens (including phenoxy) is 3. The van der Waals surface area contributed by atoms with Crippen LogP contribution in [0.3, 0.4) is 0 Å². The van der Waals surface area contributed by atoms with E-state index >= 15 is 0 Å². The summed E-state index contributed by atoms with van der Waals surface area (Å²) < 4.78 is 48.1. The summed E-state index contributed by atoms with van der Waals surface area (Å²) in [6, 6.07) is 30.7. The number of rotatable bonds is 13. The van der Waals surface area contributed by atoms with Gasteiger partial charge in [0.2, 0.25) is 0 Å². The van der Waals surface area contributed by atoms with Crippen molar-refractivity contribution in [3.63, 3.8) is 0 Å². The van der Waals surface area contributed by atoms with E-state index < -0.39 is 53.5 Å². The Morgan fingerprint density at radius 3 is 1.86 bits per heavy atom. The number of carbonyl (C=O) groups is 2. The van der Waals surface area contributed by atoms with Crippen molar-refractivity contribution in [1.29, 1.82) is 0 Å². The lowest BCUT2D eigenvalue weighted by molar-refractivity contribution is -0.173. The lowest BCUT2D eigenvalue weighted by Gasteiger charge is -2.47. The highest BCUT2D eigenvalue weighted by Crippen LogP contribution is 2.31. The maximum Gasteiger partial charge on any atom is 0.411 e. The molecule has 1 amide bonds. The molecule has 5 rings (SSSR count). The fraction of sp³-hybridized carbons (Fsp3) is 0.366. The molecule has 9 heteroatoms. The smallest absolute Gasteiger partial charge is 0.411 e. The average Bonchev–Trinajstić information content (AvgIpc) is 3.08. The molecule has 0 aliphatic carbocycles. The minimum Gasteiger partial charge on any atom is -0.462 e. The lowest BCUT2D eigenvalue weighted by atomic mass is 9.91. The maximum absolute atomic E-state index is 14.8. The van der Waals surface area contributed by atoms with Crippen LogP contribution in [-0.4, -0.2) is 58.3 Å². The van der Waals surface area contributed by atoms with Crippen LogP contribution in [-0.2, 0) is 45.1 Å². The van der Waals surface area contributed by atoms with Crippen molar-refractivity contribution in [1.82, 2.24) is 9.80 Å². The molecule has 0 spiro atoms. The van der Waals surface area contributed by atoms with E-state index in [0.29, 0.717) is 18.7 Å². The second-order valence-electron chi connectivity index (χ2n) is 13.7. The summed E-state index contributed by atoms with van der Waals surface area (Å²) in [5.74, 6) is -1.90. The molecule has 7 nitrogen and oxygen atoms in total. The van der Waals surface area contributed by atoms with Gasteiger partial charge in [0.05, 0.1) is 18.8 Å². The van der Waals surface area contributed by atoms with Gasteiger partial charge in [-0.05, 0) is 68.0 Å². The van der Waals surface area contributed by atoms with Crippen LogP contribution in [0.25, 0.3) is 0 Å². The van der Waals surface area contributed by atoms with Crippen LogP contribution in [0.15, 0.2) is 109 Å². The molecule has 0 bridgehead atoms. The van der Waals surface area contributed by atoms with E-state index in [1.54, 1.807) is 20.8 Å². The van der Waals surface area contributed by atoms with Crippen molar-refractivity contribution in [2.75, 3.05) is 6.61 Å². The van der Waals surface area contributed by atoms with Gasteiger partial charge in [-0.25, -0.2) is 18.4 Å². The number of hydrogen-bond acceptors (Lipinski definition) is 6. The number of amides is 1. The Morgan fingerprint density at radius 1 is 0.840 bits per heavy atom. The van der Waals surface area contributed by atoms with Crippen LogP contribution < -0.4 is 0 Å². The summed E-state index contributed by atoms with van der Waals surface area (Å²) in [7, 11) is 0. The molecule has 50 heavy (non-hydrogen) atoms. The normalized spacial score (nSPS) is 17.7. The van der Waals surface area contributed by atoms with Gasteiger partial charge in [0.1, 0.15) is 29.9 Å². The number of nitrogens with zero attached hydrogens (tertiary/aromatic N) is 2. The Labute approximate surface area is 293 Å². The molecule has 1 aliphatic heterocycles. The fourth-order valence-corrected chi connectivity index (χ4v) is 6.48. The van der Waals surface area contributed by atoms with Gasteiger partial charge in [-0.1, -0.05) is 97.9 Å². The average molecular weight is 685 g/mol. The molecule has 0 radical (unpaired) electrons. The minimum absolute atomic E-state index is 0.146. The third-order valence-corrected chi connectivity index (χ3v) is 8.69. The molecule has 0 aromatic heterocycles. The molecule has 4 atom stereocenters. The quantitative estimate of drug-likeness (QED) is 0.133. The highest BCUT2D eigenvalue weighted by atomic mass is 19.1. The second-order valence-corrected chi connectivity index (χ2v) is 13.7. The number of cyclic esters (lactones) is 1. The lowest BCUT2D eigenvalue weighted by Crippen LogP contribution is -2.65. The van der Waals surface area contributed by atoms with Crippen molar-refractivity contribution < 1.29 is 32.6 Å². The molecule has 1 aliphatic rings. The first kappa shape index (κ1) is 36.7. The standard InChI is InChI=1S/C41H46F2N2O5/c1-5-35-39(46)49-28-37(45(35)40(47)50-41(2,3)4)38(48-27-31-19-13-8-14-20-31)36(23-32-21-33(42)24-34(43)22-32)44(25-29-15-9-6-10-16-29)26-30-17-11-7-12-18-30/h6-22,24,35-38H,5,23,25-28H2,1-4H3/t35-,36-,37+,38-/m0/s1. The van der Waals surface area contributed by atoms with E-state index in [4.69, 9.17) is 14.2 Å². The number of morpholine rings is 1. The third-order valence-electron chi connectivity index (χ3n) is 8.69. The number of benzene rings is 4. The summed E-state index contributed by atoms with van der Waals surface area (Å²) in [5, 5.41) is 0. The van der Waals surface area contributed by atoms with Gasteiger partial charge in [-0.3, -0.25) is 9.80 Å². The summed E-state index contributed by atoms with van der Waals surface area (Å²) in [4.78, 5) is 30.9. The van der Waals surface area contributed by atoms with E-state index in [2.05, 4.69) is 4.90 Å². The van der Waals surface area contributed by atoms with Gasteiger partial charge in [0.15, 0.2) is 0 Å². The molecule has 0 saturated carbocycles. The minimum atomic E-state index is -0.921. The molecule has 0 unspecified atom stereocenters. The monoisotopic (exact) mass is 684 g/mol. The van der Waals surface area contributed by atoms with Gasteiger partial charge in [-0.15, -0.1) is 0 Å². The number of hydrogen-bond donors (Lipinski definition) is 0. The zero-order valence-electron chi connectivity index (χ0n) is 29.1. The van der Waals surface area contributed by atoms with Gasteiger partial charge in [-0.2, -0.15) is 0 Å². The van der Waals surface area contributed by atoms with Gasteiger partial charge in [0, 0.05) is 25.2 Å². The van der Waals surface area contributed by atoms with Crippen LogP contribution in [0.2, 0.25) is 0 Å². The zero-order chi connectivity index (χ0) is 35.7. The third kappa shape index (κ3) is 9.98. The summed E-state index contributed by atoms with van der Waals surface area (Å²) in [5.41, 5.74) is 2.52. The zero-order valence-corrected chi connectivity index (χ0v) is 29.1. The Kier molecular flexibility index (Phi) is 12.4. The highest BCUT2D eigenvalue weighted by molar-refractivity contribution is 5.83. The van der Waals surface area contributed by atoms with Gasteiger partial charge in [0.25, 0.3) is 0 Å². The first-order valence-corrected chi connectivity index (χ1v) is 17.1. The Hall–Kier alpha value is -4.60. The fourth-order valence-electron chi connectivity index (χ4n) is 6.48. The number of carbonyl (C=O) groups excluding carboxylic acids is 2. The van der Waals surface area contributed by atoms with Crippen molar-refractivity contribution in [2.24, 2.45) is 0 Å². The molecule has 264 valence electrons. The van der Waals surface area contributed by atoms with Crippen LogP contribution in [0.1, 0.15) is 56.4 Å². The van der Waals surface area contributed by atoms with Gasteiger partial charge >= 0.3 is 12.1 Å². The first-order valence-electron chi connectivity index (χ1n) is 17.1. The van der Waals surface area contributed by atoms with Crippen LogP contribution in [0.5, 0.6) is 0 Å². The Morgan fingerprint density at radius 2 is 1.36 bits per heavy atom.